The number of nitrogens with one attached hydrogen (secondary N) is 1. The van der Waals surface area contributed by atoms with Crippen LogP contribution in [-0.4, -0.2) is 22.6 Å². The van der Waals surface area contributed by atoms with Crippen molar-refractivity contribution in [3.05, 3.63) is 41.2 Å². The summed E-state index contributed by atoms with van der Waals surface area (Å²) in [6, 6.07) is 3.78. The van der Waals surface area contributed by atoms with Crippen LogP contribution in [0, 0.1) is 0 Å². The maximum atomic E-state index is 8.72. The second-order valence-electron chi connectivity index (χ2n) is 4.68. The van der Waals surface area contributed by atoms with Crippen molar-refractivity contribution in [1.82, 2.24) is 10.3 Å². The molecule has 1 aliphatic rings. The van der Waals surface area contributed by atoms with Gasteiger partial charge < -0.3 is 16.3 Å². The molecule has 0 radical (unpaired) electrons. The molecule has 0 fully saturated rings. The van der Waals surface area contributed by atoms with Crippen molar-refractivity contribution in [2.24, 2.45) is 10.9 Å². The summed E-state index contributed by atoms with van der Waals surface area (Å²) in [5.41, 5.74) is 8.63. The van der Waals surface area contributed by atoms with E-state index in [0.717, 1.165) is 18.5 Å². The van der Waals surface area contributed by atoms with Crippen molar-refractivity contribution in [1.29, 1.82) is 0 Å². The molecule has 0 saturated heterocycles. The van der Waals surface area contributed by atoms with Crippen molar-refractivity contribution < 1.29 is 5.21 Å². The number of nitrogens with two attached hydrogens (primary N) is 1. The lowest BCUT2D eigenvalue weighted by Crippen LogP contribution is -2.22. The van der Waals surface area contributed by atoms with E-state index in [0.29, 0.717) is 12.2 Å². The van der Waals surface area contributed by atoms with Crippen molar-refractivity contribution in [2.75, 3.05) is 6.54 Å². The van der Waals surface area contributed by atoms with Gasteiger partial charge >= 0.3 is 0 Å². The lowest BCUT2D eigenvalue weighted by Gasteiger charge is -2.09. The number of nitrogens with zero attached hydrogens (tertiary/aromatic N) is 2. The molecule has 1 aliphatic carbocycles. The van der Waals surface area contributed by atoms with Crippen LogP contribution in [0.2, 0.25) is 0 Å². The van der Waals surface area contributed by atoms with E-state index in [4.69, 9.17) is 10.9 Å². The summed E-state index contributed by atoms with van der Waals surface area (Å²) in [4.78, 5) is 4.14. The van der Waals surface area contributed by atoms with E-state index >= 15 is 0 Å². The highest BCUT2D eigenvalue weighted by atomic mass is 16.4. The average molecular weight is 260 g/mol. The molecular formula is C14H20N4O. The van der Waals surface area contributed by atoms with Crippen LogP contribution in [0.1, 0.15) is 36.9 Å². The molecule has 102 valence electrons. The molecule has 0 atom stereocenters. The van der Waals surface area contributed by atoms with Gasteiger partial charge in [0.25, 0.3) is 0 Å². The molecule has 0 amide bonds. The van der Waals surface area contributed by atoms with Crippen molar-refractivity contribution in [3.63, 3.8) is 0 Å². The van der Waals surface area contributed by atoms with Crippen LogP contribution in [0.4, 0.5) is 0 Å². The average Bonchev–Trinajstić information content (AvgIpc) is 2.96. The smallest absolute Gasteiger partial charge is 0.189 e. The zero-order valence-electron chi connectivity index (χ0n) is 11.0. The Bertz CT molecular complexity index is 482. The number of amidine groups is 1. The summed E-state index contributed by atoms with van der Waals surface area (Å²) in [7, 11) is 0. The van der Waals surface area contributed by atoms with Crippen LogP contribution in [-0.2, 0) is 6.54 Å². The van der Waals surface area contributed by atoms with Gasteiger partial charge in [-0.2, -0.15) is 0 Å². The number of hydrogen-bond acceptors (Lipinski definition) is 4. The van der Waals surface area contributed by atoms with Crippen molar-refractivity contribution in [3.8, 4) is 0 Å². The van der Waals surface area contributed by atoms with Gasteiger partial charge in [0.05, 0.1) is 0 Å². The Kier molecular flexibility index (Phi) is 4.92. The molecule has 1 aromatic rings. The summed E-state index contributed by atoms with van der Waals surface area (Å²) in [6.07, 6.45) is 8.84. The predicted molar refractivity (Wildman–Crippen MR) is 75.0 cm³/mol. The Labute approximate surface area is 113 Å². The SMILES string of the molecule is N/C(=N/O)c1ncccc1CNCCC1=CCCC1. The van der Waals surface area contributed by atoms with Crippen molar-refractivity contribution in [2.45, 2.75) is 32.2 Å². The zero-order valence-corrected chi connectivity index (χ0v) is 11.0. The molecule has 5 nitrogen and oxygen atoms in total. The third kappa shape index (κ3) is 3.79. The summed E-state index contributed by atoms with van der Waals surface area (Å²) < 4.78 is 0. The number of allylic oxidation sites excluding steroid dienone is 1. The van der Waals surface area contributed by atoms with Gasteiger partial charge in [0.1, 0.15) is 5.69 Å². The van der Waals surface area contributed by atoms with Gasteiger partial charge in [0, 0.05) is 12.7 Å². The Morgan fingerprint density at radius 1 is 1.53 bits per heavy atom. The number of aromatic nitrogens is 1. The summed E-state index contributed by atoms with van der Waals surface area (Å²) in [5.74, 6) is 0.0518. The van der Waals surface area contributed by atoms with Gasteiger partial charge in [-0.05, 0) is 43.9 Å². The minimum atomic E-state index is 0.0518. The monoisotopic (exact) mass is 260 g/mol. The highest BCUT2D eigenvalue weighted by Crippen LogP contribution is 2.19. The number of rotatable bonds is 6. The Morgan fingerprint density at radius 3 is 3.16 bits per heavy atom. The fourth-order valence-corrected chi connectivity index (χ4v) is 2.30. The maximum Gasteiger partial charge on any atom is 0.189 e. The largest absolute Gasteiger partial charge is 0.409 e. The first kappa shape index (κ1) is 13.5. The number of oxime groups is 1. The van der Waals surface area contributed by atoms with E-state index in [2.05, 4.69) is 21.5 Å². The van der Waals surface area contributed by atoms with E-state index in [1.807, 2.05) is 12.1 Å². The topological polar surface area (TPSA) is 83.5 Å². The minimum Gasteiger partial charge on any atom is -0.409 e. The first-order valence-electron chi connectivity index (χ1n) is 6.61. The molecule has 5 heteroatoms. The lowest BCUT2D eigenvalue weighted by atomic mass is 10.1. The predicted octanol–water partition coefficient (Wildman–Crippen LogP) is 1.77. The molecule has 0 bridgehead atoms. The van der Waals surface area contributed by atoms with Gasteiger partial charge in [-0.3, -0.25) is 4.98 Å². The second-order valence-corrected chi connectivity index (χ2v) is 4.68. The molecule has 0 spiro atoms. The van der Waals surface area contributed by atoms with Gasteiger partial charge in [-0.1, -0.05) is 22.9 Å². The number of hydrogen-bond donors (Lipinski definition) is 3. The molecule has 0 saturated carbocycles. The van der Waals surface area contributed by atoms with E-state index in [1.165, 1.54) is 19.3 Å². The summed E-state index contributed by atoms with van der Waals surface area (Å²) in [6.45, 7) is 1.61. The van der Waals surface area contributed by atoms with E-state index in [-0.39, 0.29) is 5.84 Å². The fourth-order valence-electron chi connectivity index (χ4n) is 2.30. The molecule has 0 aromatic carbocycles. The molecule has 0 aliphatic heterocycles. The Morgan fingerprint density at radius 2 is 2.42 bits per heavy atom. The van der Waals surface area contributed by atoms with E-state index < -0.39 is 0 Å². The Balaban J connectivity index is 1.85. The van der Waals surface area contributed by atoms with E-state index in [1.54, 1.807) is 11.8 Å². The van der Waals surface area contributed by atoms with Crippen LogP contribution in [0.3, 0.4) is 0 Å². The molecule has 4 N–H and O–H groups in total. The van der Waals surface area contributed by atoms with Gasteiger partial charge in [-0.15, -0.1) is 0 Å². The standard InChI is InChI=1S/C14H20N4O/c15-14(18-19)13-12(6-3-8-17-13)10-16-9-7-11-4-1-2-5-11/h3-4,6,8,16,19H,1-2,5,7,9-10H2,(H2,15,18). The molecule has 1 heterocycles. The highest BCUT2D eigenvalue weighted by molar-refractivity contribution is 5.96. The van der Waals surface area contributed by atoms with E-state index in [9.17, 15) is 0 Å². The normalized spacial score (nSPS) is 15.6. The van der Waals surface area contributed by atoms with Crippen LogP contribution in [0.15, 0.2) is 35.1 Å². The highest BCUT2D eigenvalue weighted by Gasteiger charge is 2.08. The third-order valence-corrected chi connectivity index (χ3v) is 3.31. The molecule has 19 heavy (non-hydrogen) atoms. The first-order valence-corrected chi connectivity index (χ1v) is 6.61. The van der Waals surface area contributed by atoms with Crippen LogP contribution < -0.4 is 11.1 Å². The molecule has 0 unspecified atom stereocenters. The second kappa shape index (κ2) is 6.89. The van der Waals surface area contributed by atoms with Crippen molar-refractivity contribution >= 4 is 5.84 Å². The van der Waals surface area contributed by atoms with Gasteiger partial charge in [0.2, 0.25) is 0 Å². The lowest BCUT2D eigenvalue weighted by molar-refractivity contribution is 0.318. The fraction of sp³-hybridized carbons (Fsp3) is 0.429. The van der Waals surface area contributed by atoms with Gasteiger partial charge in [-0.25, -0.2) is 0 Å². The van der Waals surface area contributed by atoms with Crippen LogP contribution in [0.5, 0.6) is 0 Å². The van der Waals surface area contributed by atoms with Crippen LogP contribution in [0.25, 0.3) is 0 Å². The zero-order chi connectivity index (χ0) is 13.5. The molecular weight excluding hydrogens is 240 g/mol. The quantitative estimate of drug-likeness (QED) is 0.182. The summed E-state index contributed by atoms with van der Waals surface area (Å²) >= 11 is 0. The molecule has 1 aromatic heterocycles. The Hall–Kier alpha value is -1.88. The summed E-state index contributed by atoms with van der Waals surface area (Å²) in [5, 5.41) is 15.1. The minimum absolute atomic E-state index is 0.0518. The molecule has 2 rings (SSSR count). The maximum absolute atomic E-state index is 8.72. The third-order valence-electron chi connectivity index (χ3n) is 3.31. The van der Waals surface area contributed by atoms with Gasteiger partial charge in [0.15, 0.2) is 5.84 Å². The first-order chi connectivity index (χ1) is 9.31. The number of pyridine rings is 1. The van der Waals surface area contributed by atoms with Crippen LogP contribution >= 0.6 is 0 Å².